The number of para-hydroxylation sites is 1. The first-order valence-electron chi connectivity index (χ1n) is 10.4. The minimum absolute atomic E-state index is 0.0487. The Morgan fingerprint density at radius 2 is 1.87 bits per heavy atom. The number of carbonyl (C=O) groups is 3. The summed E-state index contributed by atoms with van der Waals surface area (Å²) < 4.78 is 0. The second-order valence-corrected chi connectivity index (χ2v) is 7.68. The number of hydrogen-bond donors (Lipinski definition) is 1. The first-order valence-corrected chi connectivity index (χ1v) is 10.4. The number of likely N-dealkylation sites (N-methyl/N-ethyl adjacent to an activating group) is 1. The van der Waals surface area contributed by atoms with E-state index in [-0.39, 0.29) is 30.7 Å². The Balaban J connectivity index is 1.60. The van der Waals surface area contributed by atoms with Gasteiger partial charge >= 0.3 is 0 Å². The van der Waals surface area contributed by atoms with Crippen LogP contribution < -0.4 is 10.2 Å². The van der Waals surface area contributed by atoms with Crippen molar-refractivity contribution in [2.75, 3.05) is 30.4 Å². The number of carbonyl (C=O) groups excluding carboxylic acids is 3. The van der Waals surface area contributed by atoms with E-state index in [1.165, 1.54) is 4.90 Å². The van der Waals surface area contributed by atoms with Gasteiger partial charge in [0.15, 0.2) is 0 Å². The Labute approximate surface area is 177 Å². The summed E-state index contributed by atoms with van der Waals surface area (Å²) in [7, 11) is 1.61. The SMILES string of the molecule is CCc1cccc(N2CC(C(=O)N(C)CC(=O)Nc3ccccc3CC)CC2=O)c1. The largest absolute Gasteiger partial charge is 0.336 e. The lowest BCUT2D eigenvalue weighted by atomic mass is 10.1. The van der Waals surface area contributed by atoms with Crippen molar-refractivity contribution >= 4 is 29.1 Å². The van der Waals surface area contributed by atoms with E-state index in [1.807, 2.05) is 55.5 Å². The van der Waals surface area contributed by atoms with Crippen LogP contribution in [0.25, 0.3) is 0 Å². The molecule has 0 spiro atoms. The molecule has 0 saturated carbocycles. The molecule has 1 unspecified atom stereocenters. The van der Waals surface area contributed by atoms with E-state index < -0.39 is 5.92 Å². The van der Waals surface area contributed by atoms with Gasteiger partial charge in [0.2, 0.25) is 17.7 Å². The third-order valence-electron chi connectivity index (χ3n) is 5.53. The Hall–Kier alpha value is -3.15. The van der Waals surface area contributed by atoms with Crippen molar-refractivity contribution in [2.45, 2.75) is 33.1 Å². The minimum atomic E-state index is -0.441. The molecule has 30 heavy (non-hydrogen) atoms. The van der Waals surface area contributed by atoms with Crippen LogP contribution in [0, 0.1) is 5.92 Å². The van der Waals surface area contributed by atoms with Gasteiger partial charge in [-0.15, -0.1) is 0 Å². The highest BCUT2D eigenvalue weighted by Crippen LogP contribution is 2.27. The van der Waals surface area contributed by atoms with Gasteiger partial charge in [-0.1, -0.05) is 44.2 Å². The lowest BCUT2D eigenvalue weighted by Gasteiger charge is -2.21. The van der Waals surface area contributed by atoms with E-state index >= 15 is 0 Å². The van der Waals surface area contributed by atoms with E-state index in [9.17, 15) is 14.4 Å². The van der Waals surface area contributed by atoms with Crippen LogP contribution in [0.4, 0.5) is 11.4 Å². The van der Waals surface area contributed by atoms with Crippen LogP contribution in [0.3, 0.4) is 0 Å². The monoisotopic (exact) mass is 407 g/mol. The molecular formula is C24H29N3O3. The predicted octanol–water partition coefficient (Wildman–Crippen LogP) is 3.26. The van der Waals surface area contributed by atoms with Gasteiger partial charge in [-0.3, -0.25) is 14.4 Å². The molecule has 0 bridgehead atoms. The van der Waals surface area contributed by atoms with Gasteiger partial charge in [-0.05, 0) is 42.2 Å². The summed E-state index contributed by atoms with van der Waals surface area (Å²) in [6.07, 6.45) is 1.86. The third kappa shape index (κ3) is 4.87. The van der Waals surface area contributed by atoms with E-state index in [2.05, 4.69) is 12.2 Å². The second-order valence-electron chi connectivity index (χ2n) is 7.68. The number of anilines is 2. The van der Waals surface area contributed by atoms with Crippen molar-refractivity contribution in [1.29, 1.82) is 0 Å². The Bertz CT molecular complexity index is 941. The molecule has 0 radical (unpaired) electrons. The van der Waals surface area contributed by atoms with Crippen molar-refractivity contribution in [2.24, 2.45) is 5.92 Å². The van der Waals surface area contributed by atoms with Gasteiger partial charge < -0.3 is 15.1 Å². The van der Waals surface area contributed by atoms with Crippen LogP contribution in [0.15, 0.2) is 48.5 Å². The smallest absolute Gasteiger partial charge is 0.243 e. The molecule has 3 rings (SSSR count). The average Bonchev–Trinajstić information content (AvgIpc) is 3.15. The van der Waals surface area contributed by atoms with Gasteiger partial charge in [0, 0.05) is 31.4 Å². The van der Waals surface area contributed by atoms with Crippen LogP contribution in [0.2, 0.25) is 0 Å². The zero-order valence-corrected chi connectivity index (χ0v) is 17.9. The fraction of sp³-hybridized carbons (Fsp3) is 0.375. The molecule has 6 heteroatoms. The van der Waals surface area contributed by atoms with E-state index in [1.54, 1.807) is 11.9 Å². The highest BCUT2D eigenvalue weighted by atomic mass is 16.2. The summed E-state index contributed by atoms with van der Waals surface area (Å²) >= 11 is 0. The van der Waals surface area contributed by atoms with Crippen molar-refractivity contribution in [3.8, 4) is 0 Å². The molecule has 2 aromatic rings. The summed E-state index contributed by atoms with van der Waals surface area (Å²) in [5, 5.41) is 2.88. The van der Waals surface area contributed by atoms with Crippen LogP contribution >= 0.6 is 0 Å². The van der Waals surface area contributed by atoms with Crippen LogP contribution in [-0.4, -0.2) is 42.8 Å². The lowest BCUT2D eigenvalue weighted by molar-refractivity contribution is -0.137. The fourth-order valence-corrected chi connectivity index (χ4v) is 3.81. The summed E-state index contributed by atoms with van der Waals surface area (Å²) in [5.41, 5.74) is 3.79. The Kier molecular flexibility index (Phi) is 6.87. The molecule has 2 aromatic carbocycles. The number of benzene rings is 2. The number of hydrogen-bond acceptors (Lipinski definition) is 3. The van der Waals surface area contributed by atoms with Crippen LogP contribution in [0.5, 0.6) is 0 Å². The number of aryl methyl sites for hydroxylation is 2. The van der Waals surface area contributed by atoms with E-state index in [4.69, 9.17) is 0 Å². The van der Waals surface area contributed by atoms with Crippen LogP contribution in [-0.2, 0) is 27.2 Å². The maximum atomic E-state index is 12.9. The Morgan fingerprint density at radius 1 is 1.10 bits per heavy atom. The van der Waals surface area contributed by atoms with Crippen molar-refractivity contribution < 1.29 is 14.4 Å². The van der Waals surface area contributed by atoms with Gasteiger partial charge in [0.1, 0.15) is 0 Å². The van der Waals surface area contributed by atoms with Gasteiger partial charge in [-0.2, -0.15) is 0 Å². The predicted molar refractivity (Wildman–Crippen MR) is 118 cm³/mol. The molecule has 158 valence electrons. The van der Waals surface area contributed by atoms with Gasteiger partial charge in [0.05, 0.1) is 12.5 Å². The maximum Gasteiger partial charge on any atom is 0.243 e. The first kappa shape index (κ1) is 21.6. The molecule has 1 N–H and O–H groups in total. The summed E-state index contributed by atoms with van der Waals surface area (Å²) in [4.78, 5) is 40.9. The molecule has 1 heterocycles. The molecule has 0 aliphatic carbocycles. The number of amides is 3. The minimum Gasteiger partial charge on any atom is -0.336 e. The zero-order valence-electron chi connectivity index (χ0n) is 17.9. The van der Waals surface area contributed by atoms with Crippen LogP contribution in [0.1, 0.15) is 31.4 Å². The number of nitrogens with zero attached hydrogens (tertiary/aromatic N) is 2. The third-order valence-corrected chi connectivity index (χ3v) is 5.53. The standard InChI is InChI=1S/C24H29N3O3/c1-4-17-9-8-11-20(13-17)27-15-19(14-23(27)29)24(30)26(3)16-22(28)25-21-12-7-6-10-18(21)5-2/h6-13,19H,4-5,14-16H2,1-3H3,(H,25,28). The molecule has 0 aromatic heterocycles. The van der Waals surface area contributed by atoms with Gasteiger partial charge in [0.25, 0.3) is 0 Å². The maximum absolute atomic E-state index is 12.9. The van der Waals surface area contributed by atoms with Crippen molar-refractivity contribution in [1.82, 2.24) is 4.90 Å². The normalized spacial score (nSPS) is 15.9. The molecule has 1 aliphatic heterocycles. The fourth-order valence-electron chi connectivity index (χ4n) is 3.81. The molecule has 1 atom stereocenters. The van der Waals surface area contributed by atoms with Crippen molar-refractivity contribution in [3.63, 3.8) is 0 Å². The summed E-state index contributed by atoms with van der Waals surface area (Å²) in [6.45, 7) is 4.39. The first-order chi connectivity index (χ1) is 14.4. The topological polar surface area (TPSA) is 69.7 Å². The quantitative estimate of drug-likeness (QED) is 0.766. The van der Waals surface area contributed by atoms with E-state index in [0.29, 0.717) is 6.54 Å². The molecule has 1 aliphatic rings. The molecule has 1 fully saturated rings. The molecular weight excluding hydrogens is 378 g/mol. The second kappa shape index (κ2) is 9.57. The summed E-state index contributed by atoms with van der Waals surface area (Å²) in [5.74, 6) is -0.931. The number of rotatable bonds is 7. The Morgan fingerprint density at radius 3 is 2.60 bits per heavy atom. The van der Waals surface area contributed by atoms with Crippen molar-refractivity contribution in [3.05, 3.63) is 59.7 Å². The lowest BCUT2D eigenvalue weighted by Crippen LogP contribution is -2.39. The summed E-state index contributed by atoms with van der Waals surface area (Å²) in [6, 6.07) is 15.5. The molecule has 3 amide bonds. The average molecular weight is 408 g/mol. The zero-order chi connectivity index (χ0) is 21.7. The van der Waals surface area contributed by atoms with E-state index in [0.717, 1.165) is 35.3 Å². The van der Waals surface area contributed by atoms with Gasteiger partial charge in [-0.25, -0.2) is 0 Å². The number of nitrogens with one attached hydrogen (secondary N) is 1. The molecule has 1 saturated heterocycles. The highest BCUT2D eigenvalue weighted by Gasteiger charge is 2.36. The molecule has 6 nitrogen and oxygen atoms in total. The highest BCUT2D eigenvalue weighted by molar-refractivity contribution is 6.01.